The molecular formula is C17H21NO2. The van der Waals surface area contributed by atoms with Gasteiger partial charge in [0.2, 0.25) is 5.78 Å². The Hall–Kier alpha value is -1.61. The standard InChI is InChI=1S/C17H21NO2/c1-12-6-7-14-13(10-12)11-15(20-14)16(19)17(2,3)18-8-4-5-9-18/h6-7,10-11H,4-5,8-9H2,1-3H3. The van der Waals surface area contributed by atoms with Crippen molar-refractivity contribution < 1.29 is 9.21 Å². The van der Waals surface area contributed by atoms with E-state index in [1.807, 2.05) is 39.0 Å². The number of carbonyl (C=O) groups is 1. The normalized spacial score (nSPS) is 16.9. The largest absolute Gasteiger partial charge is 0.453 e. The second kappa shape index (κ2) is 4.74. The summed E-state index contributed by atoms with van der Waals surface area (Å²) >= 11 is 0. The molecule has 1 saturated heterocycles. The maximum atomic E-state index is 12.8. The van der Waals surface area contributed by atoms with Crippen LogP contribution in [0.4, 0.5) is 0 Å². The highest BCUT2D eigenvalue weighted by Gasteiger charge is 2.38. The average molecular weight is 271 g/mol. The molecule has 1 aromatic carbocycles. The van der Waals surface area contributed by atoms with E-state index in [9.17, 15) is 4.79 Å². The number of fused-ring (bicyclic) bond motifs is 1. The number of furan rings is 1. The van der Waals surface area contributed by atoms with Crippen LogP contribution in [-0.4, -0.2) is 29.3 Å². The molecule has 3 heteroatoms. The van der Waals surface area contributed by atoms with E-state index in [0.717, 1.165) is 24.1 Å². The number of rotatable bonds is 3. The fraction of sp³-hybridized carbons (Fsp3) is 0.471. The molecule has 0 saturated carbocycles. The van der Waals surface area contributed by atoms with Crippen LogP contribution in [0.25, 0.3) is 11.0 Å². The third-order valence-corrected chi connectivity index (χ3v) is 4.35. The van der Waals surface area contributed by atoms with Crippen molar-refractivity contribution in [2.75, 3.05) is 13.1 Å². The summed E-state index contributed by atoms with van der Waals surface area (Å²) in [5.74, 6) is 0.552. The van der Waals surface area contributed by atoms with Crippen molar-refractivity contribution in [3.63, 3.8) is 0 Å². The lowest BCUT2D eigenvalue weighted by molar-refractivity contribution is 0.0675. The fourth-order valence-electron chi connectivity index (χ4n) is 3.00. The Labute approximate surface area is 119 Å². The van der Waals surface area contributed by atoms with Crippen molar-refractivity contribution in [2.45, 2.75) is 39.2 Å². The maximum Gasteiger partial charge on any atom is 0.217 e. The molecule has 1 aliphatic rings. The van der Waals surface area contributed by atoms with E-state index in [0.29, 0.717) is 5.76 Å². The molecule has 3 rings (SSSR count). The molecule has 106 valence electrons. The van der Waals surface area contributed by atoms with Gasteiger partial charge in [-0.05, 0) is 64.9 Å². The van der Waals surface area contributed by atoms with E-state index in [-0.39, 0.29) is 5.78 Å². The van der Waals surface area contributed by atoms with E-state index in [1.54, 1.807) is 0 Å². The minimum Gasteiger partial charge on any atom is -0.453 e. The lowest BCUT2D eigenvalue weighted by atomic mass is 9.95. The van der Waals surface area contributed by atoms with Crippen LogP contribution >= 0.6 is 0 Å². The smallest absolute Gasteiger partial charge is 0.217 e. The first-order valence-electron chi connectivity index (χ1n) is 7.28. The lowest BCUT2D eigenvalue weighted by Crippen LogP contribution is -2.48. The topological polar surface area (TPSA) is 33.5 Å². The molecule has 2 aromatic rings. The number of nitrogens with zero attached hydrogens (tertiary/aromatic N) is 1. The highest BCUT2D eigenvalue weighted by atomic mass is 16.3. The van der Waals surface area contributed by atoms with Crippen molar-refractivity contribution in [3.8, 4) is 0 Å². The van der Waals surface area contributed by atoms with Crippen molar-refractivity contribution >= 4 is 16.8 Å². The number of Topliss-reactive ketones (excluding diaryl/α,β-unsaturated/α-hetero) is 1. The molecule has 2 heterocycles. The molecule has 0 atom stereocenters. The van der Waals surface area contributed by atoms with Gasteiger partial charge in [0.05, 0.1) is 5.54 Å². The molecule has 0 bridgehead atoms. The van der Waals surface area contributed by atoms with E-state index >= 15 is 0 Å². The molecule has 1 fully saturated rings. The Kier molecular flexibility index (Phi) is 3.17. The van der Waals surface area contributed by atoms with Crippen LogP contribution in [0.5, 0.6) is 0 Å². The van der Waals surface area contributed by atoms with E-state index in [1.165, 1.54) is 18.4 Å². The highest BCUT2D eigenvalue weighted by molar-refractivity contribution is 6.03. The third-order valence-electron chi connectivity index (χ3n) is 4.35. The zero-order valence-corrected chi connectivity index (χ0v) is 12.4. The molecule has 0 spiro atoms. The minimum absolute atomic E-state index is 0.0771. The van der Waals surface area contributed by atoms with Gasteiger partial charge < -0.3 is 4.42 Å². The lowest BCUT2D eigenvalue weighted by Gasteiger charge is -2.32. The SMILES string of the molecule is Cc1ccc2oc(C(=O)C(C)(C)N3CCCC3)cc2c1. The zero-order chi connectivity index (χ0) is 14.3. The first-order chi connectivity index (χ1) is 9.48. The monoisotopic (exact) mass is 271 g/mol. The van der Waals surface area contributed by atoms with E-state index in [4.69, 9.17) is 4.42 Å². The molecule has 0 amide bonds. The predicted octanol–water partition coefficient (Wildman–Crippen LogP) is 3.80. The van der Waals surface area contributed by atoms with Crippen molar-refractivity contribution in [2.24, 2.45) is 0 Å². The van der Waals surface area contributed by atoms with E-state index < -0.39 is 5.54 Å². The third kappa shape index (κ3) is 2.16. The number of benzene rings is 1. The van der Waals surface area contributed by atoms with Gasteiger partial charge in [-0.3, -0.25) is 9.69 Å². The quantitative estimate of drug-likeness (QED) is 0.796. The molecule has 1 aromatic heterocycles. The van der Waals surface area contributed by atoms with Crippen LogP contribution in [0.15, 0.2) is 28.7 Å². The van der Waals surface area contributed by atoms with Crippen LogP contribution in [0, 0.1) is 6.92 Å². The second-order valence-electron chi connectivity index (χ2n) is 6.23. The first-order valence-corrected chi connectivity index (χ1v) is 7.28. The van der Waals surface area contributed by atoms with Crippen molar-refractivity contribution in [3.05, 3.63) is 35.6 Å². The number of hydrogen-bond donors (Lipinski definition) is 0. The van der Waals surface area contributed by atoms with E-state index in [2.05, 4.69) is 11.0 Å². The maximum absolute atomic E-state index is 12.8. The van der Waals surface area contributed by atoms with Crippen LogP contribution in [0.3, 0.4) is 0 Å². The summed E-state index contributed by atoms with van der Waals surface area (Å²) in [6, 6.07) is 7.87. The number of ketones is 1. The summed E-state index contributed by atoms with van der Waals surface area (Å²) in [6.07, 6.45) is 2.35. The number of hydrogen-bond acceptors (Lipinski definition) is 3. The van der Waals surface area contributed by atoms with Gasteiger partial charge in [0.1, 0.15) is 5.58 Å². The fourth-order valence-corrected chi connectivity index (χ4v) is 3.00. The molecule has 1 aliphatic heterocycles. The summed E-state index contributed by atoms with van der Waals surface area (Å²) in [7, 11) is 0. The number of likely N-dealkylation sites (tertiary alicyclic amines) is 1. The number of aryl methyl sites for hydroxylation is 1. The van der Waals surface area contributed by atoms with Gasteiger partial charge in [-0.15, -0.1) is 0 Å². The van der Waals surface area contributed by atoms with Crippen LogP contribution in [-0.2, 0) is 0 Å². The minimum atomic E-state index is -0.487. The Bertz CT molecular complexity index is 648. The van der Waals surface area contributed by atoms with Gasteiger partial charge in [0.25, 0.3) is 0 Å². The molecule has 0 radical (unpaired) electrons. The van der Waals surface area contributed by atoms with Gasteiger partial charge in [-0.25, -0.2) is 0 Å². The summed E-state index contributed by atoms with van der Waals surface area (Å²) in [5, 5.41) is 1.01. The Morgan fingerprint density at radius 1 is 1.20 bits per heavy atom. The summed E-state index contributed by atoms with van der Waals surface area (Å²) in [6.45, 7) is 8.04. The first kappa shape index (κ1) is 13.4. The molecule has 20 heavy (non-hydrogen) atoms. The van der Waals surface area contributed by atoms with Gasteiger partial charge in [-0.1, -0.05) is 11.6 Å². The van der Waals surface area contributed by atoms with Crippen LogP contribution < -0.4 is 0 Å². The average Bonchev–Trinajstić information content (AvgIpc) is 3.06. The van der Waals surface area contributed by atoms with Crippen LogP contribution in [0.1, 0.15) is 42.8 Å². The van der Waals surface area contributed by atoms with Crippen LogP contribution in [0.2, 0.25) is 0 Å². The van der Waals surface area contributed by atoms with Gasteiger partial charge in [0, 0.05) is 5.39 Å². The van der Waals surface area contributed by atoms with Gasteiger partial charge >= 0.3 is 0 Å². The second-order valence-corrected chi connectivity index (χ2v) is 6.23. The Morgan fingerprint density at radius 2 is 1.90 bits per heavy atom. The Morgan fingerprint density at radius 3 is 2.60 bits per heavy atom. The summed E-state index contributed by atoms with van der Waals surface area (Å²) < 4.78 is 5.75. The molecule has 0 aliphatic carbocycles. The zero-order valence-electron chi connectivity index (χ0n) is 12.4. The molecular weight excluding hydrogens is 250 g/mol. The highest BCUT2D eigenvalue weighted by Crippen LogP contribution is 2.28. The molecule has 3 nitrogen and oxygen atoms in total. The molecule has 0 unspecified atom stereocenters. The number of carbonyl (C=O) groups excluding carboxylic acids is 1. The summed E-state index contributed by atoms with van der Waals surface area (Å²) in [5.41, 5.74) is 1.48. The van der Waals surface area contributed by atoms with Gasteiger partial charge in [0.15, 0.2) is 5.76 Å². The predicted molar refractivity (Wildman–Crippen MR) is 80.2 cm³/mol. The molecule has 0 N–H and O–H groups in total. The van der Waals surface area contributed by atoms with Crippen molar-refractivity contribution in [1.82, 2.24) is 4.90 Å². The van der Waals surface area contributed by atoms with Crippen molar-refractivity contribution in [1.29, 1.82) is 0 Å². The van der Waals surface area contributed by atoms with Gasteiger partial charge in [-0.2, -0.15) is 0 Å². The Balaban J connectivity index is 1.95. The summed E-state index contributed by atoms with van der Waals surface area (Å²) in [4.78, 5) is 15.0.